The summed E-state index contributed by atoms with van der Waals surface area (Å²) in [5.74, 6) is 0.742. The fraction of sp³-hybridized carbons (Fsp3) is 0.538. The summed E-state index contributed by atoms with van der Waals surface area (Å²) in [6.45, 7) is 0. The second-order valence-electron chi connectivity index (χ2n) is 4.60. The number of methoxy groups -OCH3 is 1. The maximum Gasteiger partial charge on any atom is 0.273 e. The van der Waals surface area contributed by atoms with Gasteiger partial charge in [-0.1, -0.05) is 6.42 Å². The summed E-state index contributed by atoms with van der Waals surface area (Å²) in [6.07, 6.45) is 2.54. The molecule has 1 aliphatic carbocycles. The zero-order valence-corrected chi connectivity index (χ0v) is 10.7. The minimum atomic E-state index is -0.530. The highest BCUT2D eigenvalue weighted by Crippen LogP contribution is 2.34. The SMILES string of the molecule is COc1ccc([N+](=O)[O-])cc1O[C@H]1CCCC[C@@H]1O. The third-order valence-electron chi connectivity index (χ3n) is 3.30. The number of nitro benzene ring substituents is 1. The van der Waals surface area contributed by atoms with Crippen molar-refractivity contribution in [2.75, 3.05) is 7.11 Å². The van der Waals surface area contributed by atoms with E-state index in [1.165, 1.54) is 25.3 Å². The van der Waals surface area contributed by atoms with E-state index in [9.17, 15) is 15.2 Å². The molecule has 104 valence electrons. The van der Waals surface area contributed by atoms with Crippen LogP contribution in [-0.4, -0.2) is 29.3 Å². The van der Waals surface area contributed by atoms with Crippen molar-refractivity contribution in [1.82, 2.24) is 0 Å². The molecule has 0 radical (unpaired) electrons. The average Bonchev–Trinajstić information content (AvgIpc) is 2.41. The second-order valence-corrected chi connectivity index (χ2v) is 4.60. The predicted octanol–water partition coefficient (Wildman–Crippen LogP) is 2.29. The summed E-state index contributed by atoms with van der Waals surface area (Å²) in [5.41, 5.74) is -0.0545. The second kappa shape index (κ2) is 5.88. The number of rotatable bonds is 4. The highest BCUT2D eigenvalue weighted by molar-refractivity contribution is 5.48. The summed E-state index contributed by atoms with van der Waals surface area (Å²) in [5, 5.41) is 20.6. The van der Waals surface area contributed by atoms with E-state index in [4.69, 9.17) is 9.47 Å². The van der Waals surface area contributed by atoms with Crippen molar-refractivity contribution in [1.29, 1.82) is 0 Å². The lowest BCUT2D eigenvalue weighted by molar-refractivity contribution is -0.385. The molecule has 1 aliphatic rings. The third-order valence-corrected chi connectivity index (χ3v) is 3.30. The molecule has 1 N–H and O–H groups in total. The Morgan fingerprint density at radius 2 is 2.05 bits per heavy atom. The van der Waals surface area contributed by atoms with E-state index in [1.54, 1.807) is 0 Å². The summed E-state index contributed by atoms with van der Waals surface area (Å²) < 4.78 is 10.8. The van der Waals surface area contributed by atoms with Crippen LogP contribution in [-0.2, 0) is 0 Å². The van der Waals surface area contributed by atoms with Crippen LogP contribution in [0.1, 0.15) is 25.7 Å². The smallest absolute Gasteiger partial charge is 0.273 e. The highest BCUT2D eigenvalue weighted by Gasteiger charge is 2.26. The van der Waals surface area contributed by atoms with Crippen LogP contribution < -0.4 is 9.47 Å². The third kappa shape index (κ3) is 3.14. The van der Waals surface area contributed by atoms with Crippen molar-refractivity contribution >= 4 is 5.69 Å². The van der Waals surface area contributed by atoms with Gasteiger partial charge in [0, 0.05) is 6.07 Å². The molecule has 0 spiro atoms. The van der Waals surface area contributed by atoms with Gasteiger partial charge in [-0.3, -0.25) is 10.1 Å². The molecule has 19 heavy (non-hydrogen) atoms. The van der Waals surface area contributed by atoms with Crippen molar-refractivity contribution in [2.24, 2.45) is 0 Å². The van der Waals surface area contributed by atoms with Crippen LogP contribution in [0.3, 0.4) is 0 Å². The maximum absolute atomic E-state index is 10.8. The number of ether oxygens (including phenoxy) is 2. The van der Waals surface area contributed by atoms with Crippen molar-refractivity contribution in [3.8, 4) is 11.5 Å². The van der Waals surface area contributed by atoms with Gasteiger partial charge in [-0.15, -0.1) is 0 Å². The van der Waals surface area contributed by atoms with Gasteiger partial charge in [0.15, 0.2) is 11.5 Å². The van der Waals surface area contributed by atoms with Crippen molar-refractivity contribution < 1.29 is 19.5 Å². The number of aliphatic hydroxyl groups is 1. The van der Waals surface area contributed by atoms with Crippen molar-refractivity contribution in [3.63, 3.8) is 0 Å². The molecule has 1 aromatic rings. The van der Waals surface area contributed by atoms with E-state index in [1.807, 2.05) is 0 Å². The van der Waals surface area contributed by atoms with Crippen LogP contribution in [0, 0.1) is 10.1 Å². The Morgan fingerprint density at radius 3 is 2.68 bits per heavy atom. The number of nitrogens with zero attached hydrogens (tertiary/aromatic N) is 1. The Morgan fingerprint density at radius 1 is 1.32 bits per heavy atom. The van der Waals surface area contributed by atoms with Crippen molar-refractivity contribution in [2.45, 2.75) is 37.9 Å². The van der Waals surface area contributed by atoms with Gasteiger partial charge in [0.25, 0.3) is 5.69 Å². The molecule has 0 bridgehead atoms. The molecule has 6 nitrogen and oxygen atoms in total. The molecule has 0 aliphatic heterocycles. The molecular formula is C13H17NO5. The summed E-state index contributed by atoms with van der Waals surface area (Å²) in [7, 11) is 1.48. The van der Waals surface area contributed by atoms with Crippen LogP contribution in [0.15, 0.2) is 18.2 Å². The van der Waals surface area contributed by atoms with Crippen molar-refractivity contribution in [3.05, 3.63) is 28.3 Å². The molecule has 0 amide bonds. The van der Waals surface area contributed by atoms with Gasteiger partial charge in [-0.05, 0) is 25.3 Å². The Labute approximate surface area is 111 Å². The normalized spacial score (nSPS) is 22.8. The Hall–Kier alpha value is -1.82. The molecule has 0 aromatic heterocycles. The van der Waals surface area contributed by atoms with Gasteiger partial charge in [-0.25, -0.2) is 0 Å². The lowest BCUT2D eigenvalue weighted by atomic mass is 9.95. The first kappa shape index (κ1) is 13.6. The number of benzene rings is 1. The average molecular weight is 267 g/mol. The largest absolute Gasteiger partial charge is 0.493 e. The molecule has 1 aromatic carbocycles. The molecule has 6 heteroatoms. The molecule has 1 saturated carbocycles. The summed E-state index contributed by atoms with van der Waals surface area (Å²) in [6, 6.07) is 4.20. The maximum atomic E-state index is 10.8. The van der Waals surface area contributed by atoms with E-state index in [0.717, 1.165) is 19.3 Å². The van der Waals surface area contributed by atoms with Crippen LogP contribution in [0.5, 0.6) is 11.5 Å². The van der Waals surface area contributed by atoms with Crippen LogP contribution in [0.2, 0.25) is 0 Å². The minimum Gasteiger partial charge on any atom is -0.493 e. The lowest BCUT2D eigenvalue weighted by Gasteiger charge is -2.28. The number of non-ortho nitro benzene ring substituents is 1. The van der Waals surface area contributed by atoms with E-state index >= 15 is 0 Å². The van der Waals surface area contributed by atoms with Gasteiger partial charge in [0.05, 0.1) is 24.2 Å². The number of aliphatic hydroxyl groups excluding tert-OH is 1. The summed E-state index contributed by atoms with van der Waals surface area (Å²) >= 11 is 0. The Bertz CT molecular complexity index is 462. The molecular weight excluding hydrogens is 250 g/mol. The predicted molar refractivity (Wildman–Crippen MR) is 68.5 cm³/mol. The van der Waals surface area contributed by atoms with E-state index in [0.29, 0.717) is 17.9 Å². The molecule has 0 unspecified atom stereocenters. The van der Waals surface area contributed by atoms with Gasteiger partial charge in [-0.2, -0.15) is 0 Å². The summed E-state index contributed by atoms with van der Waals surface area (Å²) in [4.78, 5) is 10.3. The fourth-order valence-corrected chi connectivity index (χ4v) is 2.25. The van der Waals surface area contributed by atoms with Gasteiger partial charge in [0.2, 0.25) is 0 Å². The highest BCUT2D eigenvalue weighted by atomic mass is 16.6. The first-order chi connectivity index (χ1) is 9.11. The molecule has 0 heterocycles. The first-order valence-corrected chi connectivity index (χ1v) is 6.29. The van der Waals surface area contributed by atoms with Gasteiger partial charge >= 0.3 is 0 Å². The first-order valence-electron chi connectivity index (χ1n) is 6.29. The molecule has 2 rings (SSSR count). The number of nitro groups is 1. The molecule has 0 saturated heterocycles. The van der Waals surface area contributed by atoms with Gasteiger partial charge in [0.1, 0.15) is 6.10 Å². The quantitative estimate of drug-likeness (QED) is 0.668. The van der Waals surface area contributed by atoms with Crippen LogP contribution in [0.25, 0.3) is 0 Å². The number of hydrogen-bond donors (Lipinski definition) is 1. The van der Waals surface area contributed by atoms with E-state index in [2.05, 4.69) is 0 Å². The minimum absolute atomic E-state index is 0.0545. The zero-order valence-electron chi connectivity index (χ0n) is 10.7. The Kier molecular flexibility index (Phi) is 4.21. The topological polar surface area (TPSA) is 81.8 Å². The monoisotopic (exact) mass is 267 g/mol. The lowest BCUT2D eigenvalue weighted by Crippen LogP contribution is -2.34. The van der Waals surface area contributed by atoms with Crippen LogP contribution in [0.4, 0.5) is 5.69 Å². The number of hydrogen-bond acceptors (Lipinski definition) is 5. The molecule has 1 fully saturated rings. The standard InChI is InChI=1S/C13H17NO5/c1-18-12-7-6-9(14(16)17)8-13(12)19-11-5-3-2-4-10(11)15/h6-8,10-11,15H,2-5H2,1H3/t10-,11-/m0/s1. The van der Waals surface area contributed by atoms with E-state index in [-0.39, 0.29) is 11.8 Å². The molecule has 2 atom stereocenters. The van der Waals surface area contributed by atoms with E-state index < -0.39 is 11.0 Å². The van der Waals surface area contributed by atoms with Crippen LogP contribution >= 0.6 is 0 Å². The Balaban J connectivity index is 2.21. The fourth-order valence-electron chi connectivity index (χ4n) is 2.25. The zero-order chi connectivity index (χ0) is 13.8. The van der Waals surface area contributed by atoms with Gasteiger partial charge < -0.3 is 14.6 Å².